The van der Waals surface area contributed by atoms with Gasteiger partial charge >= 0.3 is 0 Å². The van der Waals surface area contributed by atoms with E-state index in [9.17, 15) is 9.90 Å². The molecule has 0 unspecified atom stereocenters. The number of carbonyl (C=O) groups excluding carboxylic acids is 1. The summed E-state index contributed by atoms with van der Waals surface area (Å²) in [5.41, 5.74) is 8.31. The highest BCUT2D eigenvalue weighted by atomic mass is 16.3. The number of piperidine rings is 1. The van der Waals surface area contributed by atoms with Gasteiger partial charge in [0.15, 0.2) is 0 Å². The molecule has 1 amide bonds. The Morgan fingerprint density at radius 3 is 3.13 bits per heavy atom. The van der Waals surface area contributed by atoms with Crippen molar-refractivity contribution < 1.29 is 9.90 Å². The van der Waals surface area contributed by atoms with Crippen LogP contribution >= 0.6 is 0 Å². The predicted molar refractivity (Wildman–Crippen MR) is 50.7 cm³/mol. The van der Waals surface area contributed by atoms with Gasteiger partial charge in [0.05, 0.1) is 12.6 Å². The van der Waals surface area contributed by atoms with Gasteiger partial charge in [0, 0.05) is 10.5 Å². The summed E-state index contributed by atoms with van der Waals surface area (Å²) in [5, 5.41) is 12.7. The van der Waals surface area contributed by atoms with Crippen LogP contribution in [0, 0.1) is 5.92 Å². The fraction of sp³-hybridized carbons (Fsp3) is 0.889. The third kappa shape index (κ3) is 0.931. The summed E-state index contributed by atoms with van der Waals surface area (Å²) in [6.45, 7) is 0.0208. The van der Waals surface area contributed by atoms with Gasteiger partial charge in [-0.1, -0.05) is 5.11 Å². The highest BCUT2D eigenvalue weighted by Gasteiger charge is 2.71. The fourth-order valence-corrected chi connectivity index (χ4v) is 3.40. The van der Waals surface area contributed by atoms with Gasteiger partial charge in [-0.2, -0.15) is 0 Å². The molecule has 80 valence electrons. The van der Waals surface area contributed by atoms with E-state index in [-0.39, 0.29) is 24.1 Å². The monoisotopic (exact) mass is 208 g/mol. The van der Waals surface area contributed by atoms with E-state index in [0.29, 0.717) is 12.3 Å². The summed E-state index contributed by atoms with van der Waals surface area (Å²) in [7, 11) is 0. The van der Waals surface area contributed by atoms with Gasteiger partial charge in [0.2, 0.25) is 5.91 Å². The topological polar surface area (TPSA) is 89.3 Å². The average Bonchev–Trinajstić information content (AvgIpc) is 2.70. The van der Waals surface area contributed by atoms with Gasteiger partial charge in [-0.3, -0.25) is 4.79 Å². The van der Waals surface area contributed by atoms with Gasteiger partial charge in [0.1, 0.15) is 6.04 Å². The van der Waals surface area contributed by atoms with Gasteiger partial charge < -0.3 is 10.0 Å². The Kier molecular flexibility index (Phi) is 1.59. The molecule has 6 nitrogen and oxygen atoms in total. The zero-order chi connectivity index (χ0) is 10.6. The third-order valence-electron chi connectivity index (χ3n) is 4.07. The molecule has 0 radical (unpaired) electrons. The Hall–Kier alpha value is -1.26. The van der Waals surface area contributed by atoms with Crippen molar-refractivity contribution in [1.29, 1.82) is 0 Å². The molecule has 6 heteroatoms. The number of hydrogen-bond acceptors (Lipinski definition) is 3. The molecule has 0 bridgehead atoms. The van der Waals surface area contributed by atoms with E-state index in [0.717, 1.165) is 12.8 Å². The summed E-state index contributed by atoms with van der Waals surface area (Å²) < 4.78 is 0. The number of aliphatic hydroxyl groups is 1. The molecule has 4 atom stereocenters. The number of nitrogens with zero attached hydrogens (tertiary/aromatic N) is 4. The first-order valence-corrected chi connectivity index (χ1v) is 5.21. The molecule has 2 aliphatic heterocycles. The molecule has 0 aromatic heterocycles. The zero-order valence-electron chi connectivity index (χ0n) is 8.20. The summed E-state index contributed by atoms with van der Waals surface area (Å²) in [6.07, 6.45) is 2.58. The molecule has 0 aromatic carbocycles. The fourth-order valence-electron chi connectivity index (χ4n) is 3.40. The first-order valence-electron chi connectivity index (χ1n) is 5.21. The van der Waals surface area contributed by atoms with Crippen molar-refractivity contribution in [2.24, 2.45) is 11.0 Å². The van der Waals surface area contributed by atoms with Crippen molar-refractivity contribution in [2.75, 3.05) is 6.61 Å². The number of carbonyl (C=O) groups is 1. The molecule has 2 heterocycles. The first-order chi connectivity index (χ1) is 7.23. The zero-order valence-corrected chi connectivity index (χ0v) is 8.20. The van der Waals surface area contributed by atoms with E-state index >= 15 is 0 Å². The number of rotatable bonds is 2. The van der Waals surface area contributed by atoms with Crippen molar-refractivity contribution in [2.45, 2.75) is 36.9 Å². The average molecular weight is 208 g/mol. The van der Waals surface area contributed by atoms with Crippen LogP contribution in [0.1, 0.15) is 19.3 Å². The Balaban J connectivity index is 1.92. The molecule has 1 N–H and O–H groups in total. The number of amides is 1. The summed E-state index contributed by atoms with van der Waals surface area (Å²) >= 11 is 0. The van der Waals surface area contributed by atoms with Gasteiger partial charge in [-0.15, -0.1) is 0 Å². The minimum Gasteiger partial charge on any atom is -0.394 e. The maximum atomic E-state index is 11.9. The van der Waals surface area contributed by atoms with Crippen molar-refractivity contribution >= 4 is 5.91 Å². The van der Waals surface area contributed by atoms with Crippen LogP contribution in [-0.4, -0.2) is 40.1 Å². The minimum absolute atomic E-state index is 0.0208. The Morgan fingerprint density at radius 2 is 2.47 bits per heavy atom. The second-order valence-electron chi connectivity index (χ2n) is 4.71. The maximum absolute atomic E-state index is 11.9. The normalized spacial score (nSPS) is 46.1. The smallest absolute Gasteiger partial charge is 0.232 e. The van der Waals surface area contributed by atoms with Gasteiger partial charge in [-0.25, -0.2) is 0 Å². The SMILES string of the molecule is [N-]=[N+]=N[C@H]1C[C@@]23C[C@H]2C[C@H](CO)N3C1=O. The number of aliphatic hydroxyl groups excluding tert-OH is 1. The molecular formula is C9H12N4O2. The van der Waals surface area contributed by atoms with Gasteiger partial charge in [0.25, 0.3) is 0 Å². The molecule has 3 aliphatic rings. The Morgan fingerprint density at radius 1 is 1.67 bits per heavy atom. The Labute approximate surface area is 86.5 Å². The lowest BCUT2D eigenvalue weighted by atomic mass is 10.1. The van der Waals surface area contributed by atoms with Crippen molar-refractivity contribution in [1.82, 2.24) is 4.90 Å². The van der Waals surface area contributed by atoms with E-state index in [2.05, 4.69) is 10.0 Å². The van der Waals surface area contributed by atoms with E-state index in [1.807, 2.05) is 0 Å². The van der Waals surface area contributed by atoms with Crippen LogP contribution in [0.5, 0.6) is 0 Å². The van der Waals surface area contributed by atoms with Crippen LogP contribution in [0.4, 0.5) is 0 Å². The molecule has 1 saturated carbocycles. The van der Waals surface area contributed by atoms with Crippen molar-refractivity contribution in [3.8, 4) is 0 Å². The van der Waals surface area contributed by atoms with Crippen LogP contribution in [0.25, 0.3) is 10.4 Å². The molecular weight excluding hydrogens is 196 g/mol. The van der Waals surface area contributed by atoms with E-state index in [1.165, 1.54) is 0 Å². The summed E-state index contributed by atoms with van der Waals surface area (Å²) in [4.78, 5) is 16.4. The highest BCUT2D eigenvalue weighted by Crippen LogP contribution is 2.63. The van der Waals surface area contributed by atoms with E-state index < -0.39 is 6.04 Å². The van der Waals surface area contributed by atoms with Crippen molar-refractivity contribution in [3.63, 3.8) is 0 Å². The second-order valence-corrected chi connectivity index (χ2v) is 4.71. The minimum atomic E-state index is -0.533. The molecule has 15 heavy (non-hydrogen) atoms. The molecule has 0 aromatic rings. The van der Waals surface area contributed by atoms with Crippen LogP contribution in [-0.2, 0) is 4.79 Å². The lowest BCUT2D eigenvalue weighted by Gasteiger charge is -2.26. The Bertz CT molecular complexity index is 378. The molecule has 1 aliphatic carbocycles. The quantitative estimate of drug-likeness (QED) is 0.405. The van der Waals surface area contributed by atoms with Crippen LogP contribution in [0.15, 0.2) is 5.11 Å². The largest absolute Gasteiger partial charge is 0.394 e. The maximum Gasteiger partial charge on any atom is 0.232 e. The first kappa shape index (κ1) is 9.00. The number of hydrogen-bond donors (Lipinski definition) is 1. The van der Waals surface area contributed by atoms with Crippen molar-refractivity contribution in [3.05, 3.63) is 10.4 Å². The second kappa shape index (κ2) is 2.65. The highest BCUT2D eigenvalue weighted by molar-refractivity contribution is 5.87. The molecule has 3 rings (SSSR count). The van der Waals surface area contributed by atoms with Gasteiger partial charge in [-0.05, 0) is 30.7 Å². The van der Waals surface area contributed by atoms with Crippen LogP contribution in [0.2, 0.25) is 0 Å². The number of azide groups is 1. The lowest BCUT2D eigenvalue weighted by Crippen LogP contribution is -2.42. The molecule has 2 saturated heterocycles. The molecule has 3 fully saturated rings. The third-order valence-corrected chi connectivity index (χ3v) is 4.07. The summed E-state index contributed by atoms with van der Waals surface area (Å²) in [5.74, 6) is 0.435. The van der Waals surface area contributed by atoms with E-state index in [1.54, 1.807) is 4.90 Å². The van der Waals surface area contributed by atoms with Crippen LogP contribution in [0.3, 0.4) is 0 Å². The van der Waals surface area contributed by atoms with Crippen LogP contribution < -0.4 is 0 Å². The lowest BCUT2D eigenvalue weighted by molar-refractivity contribution is -0.132. The predicted octanol–water partition coefficient (Wildman–Crippen LogP) is 0.421. The standard InChI is InChI=1S/C9H12N4O2/c10-12-11-7-3-9-2-5(9)1-6(4-14)13(9)8(7)15/h5-7,14H,1-4H2/t5-,6-,7+,9+/m1/s1. The van der Waals surface area contributed by atoms with E-state index in [4.69, 9.17) is 5.53 Å². The summed E-state index contributed by atoms with van der Waals surface area (Å²) in [6, 6.07) is -0.579. The molecule has 1 spiro atoms.